The van der Waals surface area contributed by atoms with Crippen LogP contribution < -0.4 is 9.46 Å². The second-order valence-corrected chi connectivity index (χ2v) is 6.36. The van der Waals surface area contributed by atoms with Gasteiger partial charge in [0.25, 0.3) is 0 Å². The monoisotopic (exact) mass is 302 g/mol. The molecule has 0 unspecified atom stereocenters. The van der Waals surface area contributed by atoms with Crippen LogP contribution in [0, 0.1) is 0 Å². The third-order valence-electron chi connectivity index (χ3n) is 2.15. The Morgan fingerprint density at radius 3 is 2.89 bits per heavy atom. The molecule has 0 aliphatic carbocycles. The van der Waals surface area contributed by atoms with Gasteiger partial charge in [-0.3, -0.25) is 9.52 Å². The Balaban J connectivity index is 2.29. The fourth-order valence-electron chi connectivity index (χ4n) is 1.41. The van der Waals surface area contributed by atoms with Crippen LogP contribution in [-0.4, -0.2) is 37.3 Å². The van der Waals surface area contributed by atoms with Crippen LogP contribution in [0.15, 0.2) is 18.2 Å². The number of ether oxygens (including phenoxy) is 1. The number of nitrogens with one attached hydrogen (secondary N) is 1. The number of methoxy groups -OCH3 is 1. The third-order valence-corrected chi connectivity index (χ3v) is 4.35. The average molecular weight is 302 g/mol. The zero-order valence-electron chi connectivity index (χ0n) is 9.78. The van der Waals surface area contributed by atoms with Crippen LogP contribution in [0.25, 0.3) is 10.2 Å². The lowest BCUT2D eigenvalue weighted by Crippen LogP contribution is -2.22. The molecule has 2 rings (SSSR count). The number of hydrogen-bond acceptors (Lipinski definition) is 6. The van der Waals surface area contributed by atoms with Crippen LogP contribution in [0.1, 0.15) is 0 Å². The molecule has 0 radical (unpaired) electrons. The van der Waals surface area contributed by atoms with Gasteiger partial charge in [0.15, 0.2) is 10.9 Å². The molecule has 19 heavy (non-hydrogen) atoms. The first-order chi connectivity index (χ1) is 8.89. The summed E-state index contributed by atoms with van der Waals surface area (Å²) < 4.78 is 30.8. The zero-order chi connectivity index (χ0) is 14.0. The molecule has 0 saturated heterocycles. The predicted molar refractivity (Wildman–Crippen MR) is 71.2 cm³/mol. The van der Waals surface area contributed by atoms with Gasteiger partial charge in [0, 0.05) is 0 Å². The Morgan fingerprint density at radius 2 is 2.26 bits per heavy atom. The van der Waals surface area contributed by atoms with Crippen molar-refractivity contribution < 1.29 is 23.1 Å². The summed E-state index contributed by atoms with van der Waals surface area (Å²) in [6.07, 6.45) is 0. The maximum Gasteiger partial charge on any atom is 0.320 e. The maximum absolute atomic E-state index is 11.5. The number of carboxylic acid groups (broad SMARTS) is 1. The molecule has 0 aliphatic heterocycles. The highest BCUT2D eigenvalue weighted by atomic mass is 32.2. The molecule has 1 heterocycles. The largest absolute Gasteiger partial charge is 0.497 e. The van der Waals surface area contributed by atoms with E-state index in [1.54, 1.807) is 18.2 Å². The van der Waals surface area contributed by atoms with Crippen molar-refractivity contribution in [2.24, 2.45) is 0 Å². The molecule has 0 amide bonds. The summed E-state index contributed by atoms with van der Waals surface area (Å²) in [5.41, 5.74) is 0.610. The number of anilines is 1. The van der Waals surface area contributed by atoms with E-state index in [-0.39, 0.29) is 5.13 Å². The molecule has 9 heteroatoms. The van der Waals surface area contributed by atoms with Gasteiger partial charge >= 0.3 is 5.97 Å². The average Bonchev–Trinajstić information content (AvgIpc) is 2.66. The number of nitrogens with zero attached hydrogens (tertiary/aromatic N) is 1. The van der Waals surface area contributed by atoms with Crippen molar-refractivity contribution >= 4 is 42.7 Å². The summed E-state index contributed by atoms with van der Waals surface area (Å²) in [5.74, 6) is -1.78. The summed E-state index contributed by atoms with van der Waals surface area (Å²) in [5, 5.41) is 8.61. The highest BCUT2D eigenvalue weighted by Crippen LogP contribution is 2.29. The number of benzene rings is 1. The van der Waals surface area contributed by atoms with Gasteiger partial charge in [-0.1, -0.05) is 11.3 Å². The van der Waals surface area contributed by atoms with E-state index < -0.39 is 21.7 Å². The highest BCUT2D eigenvalue weighted by molar-refractivity contribution is 7.93. The molecule has 102 valence electrons. The number of rotatable bonds is 5. The lowest BCUT2D eigenvalue weighted by atomic mass is 10.3. The van der Waals surface area contributed by atoms with Crippen molar-refractivity contribution in [1.29, 1.82) is 0 Å². The van der Waals surface area contributed by atoms with E-state index in [4.69, 9.17) is 9.84 Å². The molecule has 0 spiro atoms. The molecule has 7 nitrogen and oxygen atoms in total. The van der Waals surface area contributed by atoms with E-state index in [2.05, 4.69) is 9.71 Å². The smallest absolute Gasteiger partial charge is 0.320 e. The van der Waals surface area contributed by atoms with Gasteiger partial charge < -0.3 is 9.84 Å². The van der Waals surface area contributed by atoms with Gasteiger partial charge in [-0.15, -0.1) is 0 Å². The first-order valence-electron chi connectivity index (χ1n) is 5.06. The molecule has 1 aromatic carbocycles. The Hall–Kier alpha value is -1.87. The summed E-state index contributed by atoms with van der Waals surface area (Å²) in [6.45, 7) is 0. The fraction of sp³-hybridized carbons (Fsp3) is 0.200. The van der Waals surface area contributed by atoms with Gasteiger partial charge in [0.2, 0.25) is 10.0 Å². The van der Waals surface area contributed by atoms with E-state index >= 15 is 0 Å². The topological polar surface area (TPSA) is 106 Å². The SMILES string of the molecule is COc1ccc2nc(NS(=O)(=O)CC(=O)O)sc2c1. The first kappa shape index (κ1) is 13.6. The number of aromatic nitrogens is 1. The van der Waals surface area contributed by atoms with Crippen molar-refractivity contribution in [3.05, 3.63) is 18.2 Å². The number of aliphatic carboxylic acids is 1. The van der Waals surface area contributed by atoms with E-state index in [0.717, 1.165) is 16.0 Å². The number of sulfonamides is 1. The van der Waals surface area contributed by atoms with Crippen molar-refractivity contribution in [1.82, 2.24) is 4.98 Å². The van der Waals surface area contributed by atoms with E-state index in [0.29, 0.717) is 11.3 Å². The Morgan fingerprint density at radius 1 is 1.53 bits per heavy atom. The van der Waals surface area contributed by atoms with Crippen LogP contribution in [0.5, 0.6) is 5.75 Å². The van der Waals surface area contributed by atoms with Crippen LogP contribution >= 0.6 is 11.3 Å². The summed E-state index contributed by atoms with van der Waals surface area (Å²) in [6, 6.07) is 5.12. The van der Waals surface area contributed by atoms with E-state index in [1.807, 2.05) is 0 Å². The number of carboxylic acids is 1. The van der Waals surface area contributed by atoms with Crippen molar-refractivity contribution in [2.75, 3.05) is 17.6 Å². The predicted octanol–water partition coefficient (Wildman–Crippen LogP) is 1.13. The van der Waals surface area contributed by atoms with Gasteiger partial charge in [0.1, 0.15) is 5.75 Å². The normalized spacial score (nSPS) is 11.4. The lowest BCUT2D eigenvalue weighted by molar-refractivity contribution is -0.134. The standard InChI is InChI=1S/C10H10N2O5S2/c1-17-6-2-3-7-8(4-6)18-10(11-7)12-19(15,16)5-9(13)14/h2-4H,5H2,1H3,(H,11,12)(H,13,14). The van der Waals surface area contributed by atoms with Crippen LogP contribution in [-0.2, 0) is 14.8 Å². The van der Waals surface area contributed by atoms with Gasteiger partial charge in [-0.2, -0.15) is 0 Å². The molecule has 0 bridgehead atoms. The molecular formula is C10H10N2O5S2. The molecule has 0 aliphatic rings. The van der Waals surface area contributed by atoms with Crippen molar-refractivity contribution in [3.63, 3.8) is 0 Å². The first-order valence-corrected chi connectivity index (χ1v) is 7.53. The summed E-state index contributed by atoms with van der Waals surface area (Å²) in [4.78, 5) is 14.5. The second kappa shape index (κ2) is 5.02. The number of fused-ring (bicyclic) bond motifs is 1. The molecule has 2 aromatic rings. The Kier molecular flexibility index (Phi) is 3.58. The molecule has 0 saturated carbocycles. The van der Waals surface area contributed by atoms with Crippen molar-refractivity contribution in [3.8, 4) is 5.75 Å². The van der Waals surface area contributed by atoms with E-state index in [9.17, 15) is 13.2 Å². The van der Waals surface area contributed by atoms with Gasteiger partial charge in [-0.25, -0.2) is 13.4 Å². The van der Waals surface area contributed by atoms with Crippen LogP contribution in [0.2, 0.25) is 0 Å². The lowest BCUT2D eigenvalue weighted by Gasteiger charge is -2.00. The minimum Gasteiger partial charge on any atom is -0.497 e. The molecule has 1 aromatic heterocycles. The summed E-state index contributed by atoms with van der Waals surface area (Å²) >= 11 is 1.11. The number of hydrogen-bond donors (Lipinski definition) is 2. The fourth-order valence-corrected chi connectivity index (χ4v) is 3.41. The zero-order valence-corrected chi connectivity index (χ0v) is 11.4. The number of thiazole rings is 1. The van der Waals surface area contributed by atoms with Crippen LogP contribution in [0.4, 0.5) is 5.13 Å². The van der Waals surface area contributed by atoms with Crippen molar-refractivity contribution in [2.45, 2.75) is 0 Å². The second-order valence-electron chi connectivity index (χ2n) is 3.61. The quantitative estimate of drug-likeness (QED) is 0.857. The van der Waals surface area contributed by atoms with Gasteiger partial charge in [0.05, 0.1) is 17.3 Å². The third kappa shape index (κ3) is 3.32. The molecule has 2 N–H and O–H groups in total. The Bertz CT molecular complexity index is 723. The highest BCUT2D eigenvalue weighted by Gasteiger charge is 2.17. The van der Waals surface area contributed by atoms with Gasteiger partial charge in [-0.05, 0) is 18.2 Å². The molecule has 0 atom stereocenters. The van der Waals surface area contributed by atoms with Crippen LogP contribution in [0.3, 0.4) is 0 Å². The Labute approximate surface area is 112 Å². The van der Waals surface area contributed by atoms with E-state index in [1.165, 1.54) is 7.11 Å². The maximum atomic E-state index is 11.5. The number of carbonyl (C=O) groups is 1. The summed E-state index contributed by atoms with van der Waals surface area (Å²) in [7, 11) is -2.40. The molecular weight excluding hydrogens is 292 g/mol. The molecule has 0 fully saturated rings. The minimum atomic E-state index is -3.93. The minimum absolute atomic E-state index is 0.129.